The van der Waals surface area contributed by atoms with Crippen LogP contribution in [0.1, 0.15) is 66.5 Å². The Morgan fingerprint density at radius 3 is 2.06 bits per heavy atom. The van der Waals surface area contributed by atoms with Crippen molar-refractivity contribution < 1.29 is 9.31 Å². The van der Waals surface area contributed by atoms with Gasteiger partial charge in [0.15, 0.2) is 0 Å². The van der Waals surface area contributed by atoms with E-state index in [1.54, 1.807) is 0 Å². The third-order valence-electron chi connectivity index (χ3n) is 5.78. The van der Waals surface area contributed by atoms with E-state index in [2.05, 4.69) is 81.0 Å². The Balaban J connectivity index is 0.000000807. The number of hydrogen-bond acceptors (Lipinski definition) is 4. The van der Waals surface area contributed by atoms with Gasteiger partial charge in [-0.05, 0) is 73.8 Å². The number of benzene rings is 1. The fraction of sp³-hybridized carbons (Fsp3) is 0.462. The predicted molar refractivity (Wildman–Crippen MR) is 135 cm³/mol. The van der Waals surface area contributed by atoms with Crippen LogP contribution in [0.5, 0.6) is 0 Å². The van der Waals surface area contributed by atoms with E-state index < -0.39 is 0 Å². The average molecular weight is 422 g/mol. The molecule has 0 aliphatic carbocycles. The monoisotopic (exact) mass is 422 g/mol. The van der Waals surface area contributed by atoms with Gasteiger partial charge in [0.05, 0.1) is 11.2 Å². The first-order valence-electron chi connectivity index (χ1n) is 11.6. The molecule has 3 aliphatic rings. The Labute approximate surface area is 189 Å². The largest absolute Gasteiger partial charge is 0.494 e. The van der Waals surface area contributed by atoms with Gasteiger partial charge in [-0.3, -0.25) is 0 Å². The molecule has 4 rings (SSSR count). The van der Waals surface area contributed by atoms with Crippen molar-refractivity contribution in [2.24, 2.45) is 0 Å². The van der Waals surface area contributed by atoms with E-state index >= 15 is 0 Å². The fourth-order valence-corrected chi connectivity index (χ4v) is 3.43. The minimum atomic E-state index is -0.373. The number of hydrogen-bond donors (Lipinski definition) is 2. The van der Waals surface area contributed by atoms with Crippen LogP contribution in [-0.2, 0) is 9.31 Å². The zero-order chi connectivity index (χ0) is 23.1. The van der Waals surface area contributed by atoms with Crippen LogP contribution >= 0.6 is 0 Å². The smallest absolute Gasteiger partial charge is 0.399 e. The van der Waals surface area contributed by atoms with E-state index in [0.29, 0.717) is 0 Å². The average Bonchev–Trinajstić information content (AvgIpc) is 3.04. The van der Waals surface area contributed by atoms with Gasteiger partial charge in [0, 0.05) is 19.3 Å². The highest BCUT2D eigenvalue weighted by Gasteiger charge is 2.51. The highest BCUT2D eigenvalue weighted by molar-refractivity contribution is 6.62. The van der Waals surface area contributed by atoms with Crippen molar-refractivity contribution >= 4 is 23.7 Å². The minimum Gasteiger partial charge on any atom is -0.399 e. The molecule has 0 aromatic heterocycles. The Bertz CT molecular complexity index is 850. The fourth-order valence-electron chi connectivity index (χ4n) is 3.43. The third-order valence-corrected chi connectivity index (χ3v) is 5.78. The van der Waals surface area contributed by atoms with Gasteiger partial charge < -0.3 is 19.9 Å². The number of dihydropyridines is 2. The van der Waals surface area contributed by atoms with Crippen LogP contribution < -0.4 is 16.1 Å². The molecule has 2 N–H and O–H groups in total. The lowest BCUT2D eigenvalue weighted by Crippen LogP contribution is -2.41. The third kappa shape index (κ3) is 5.72. The molecule has 168 valence electrons. The van der Waals surface area contributed by atoms with E-state index in [-0.39, 0.29) is 18.3 Å². The highest BCUT2D eigenvalue weighted by Crippen LogP contribution is 2.37. The summed E-state index contributed by atoms with van der Waals surface area (Å²) in [4.78, 5) is 0. The lowest BCUT2D eigenvalue weighted by Gasteiger charge is -2.32. The van der Waals surface area contributed by atoms with Crippen molar-refractivity contribution in [1.29, 1.82) is 0 Å². The van der Waals surface area contributed by atoms with E-state index in [9.17, 15) is 0 Å². The second-order valence-electron chi connectivity index (χ2n) is 8.27. The van der Waals surface area contributed by atoms with Gasteiger partial charge in [-0.15, -0.1) is 0 Å². The summed E-state index contributed by atoms with van der Waals surface area (Å²) in [6.45, 7) is 18.0. The molecule has 1 aromatic rings. The van der Waals surface area contributed by atoms with Crippen LogP contribution in [-0.4, -0.2) is 31.4 Å². The summed E-state index contributed by atoms with van der Waals surface area (Å²) in [6, 6.07) is 6.62. The maximum Gasteiger partial charge on any atom is 0.494 e. The van der Waals surface area contributed by atoms with Gasteiger partial charge in [0.25, 0.3) is 0 Å². The van der Waals surface area contributed by atoms with Crippen LogP contribution in [0.3, 0.4) is 0 Å². The summed E-state index contributed by atoms with van der Waals surface area (Å²) in [6.07, 6.45) is 12.5. The van der Waals surface area contributed by atoms with Crippen molar-refractivity contribution in [2.75, 3.05) is 13.1 Å². The van der Waals surface area contributed by atoms with Crippen LogP contribution in [0, 0.1) is 0 Å². The first-order chi connectivity index (χ1) is 14.9. The van der Waals surface area contributed by atoms with Crippen molar-refractivity contribution in [1.82, 2.24) is 10.6 Å². The summed E-state index contributed by atoms with van der Waals surface area (Å²) < 4.78 is 12.6. The molecule has 0 radical (unpaired) electrons. The van der Waals surface area contributed by atoms with Crippen molar-refractivity contribution in [3.8, 4) is 0 Å². The molecule has 0 spiro atoms. The summed E-state index contributed by atoms with van der Waals surface area (Å²) in [5.74, 6) is 0. The molecule has 1 fully saturated rings. The molecule has 31 heavy (non-hydrogen) atoms. The lowest BCUT2D eigenvalue weighted by molar-refractivity contribution is 0.00578. The zero-order valence-corrected chi connectivity index (χ0v) is 20.5. The van der Waals surface area contributed by atoms with Gasteiger partial charge in [0.2, 0.25) is 0 Å². The van der Waals surface area contributed by atoms with E-state index in [1.165, 1.54) is 16.7 Å². The molecule has 3 heterocycles. The first kappa shape index (κ1) is 25.0. The van der Waals surface area contributed by atoms with Crippen LogP contribution in [0.15, 0.2) is 54.9 Å². The highest BCUT2D eigenvalue weighted by atomic mass is 16.7. The van der Waals surface area contributed by atoms with Gasteiger partial charge in [-0.1, -0.05) is 58.1 Å². The van der Waals surface area contributed by atoms with Gasteiger partial charge in [0.1, 0.15) is 0 Å². The Morgan fingerprint density at radius 1 is 0.871 bits per heavy atom. The molecular formula is C26H39BN2O2. The molecule has 0 unspecified atom stereocenters. The quantitative estimate of drug-likeness (QED) is 0.670. The van der Waals surface area contributed by atoms with Gasteiger partial charge in [-0.2, -0.15) is 0 Å². The molecular weight excluding hydrogens is 383 g/mol. The Morgan fingerprint density at radius 2 is 1.52 bits per heavy atom. The maximum absolute atomic E-state index is 6.31. The normalized spacial score (nSPS) is 20.2. The van der Waals surface area contributed by atoms with E-state index in [4.69, 9.17) is 9.31 Å². The first-order valence-corrected chi connectivity index (χ1v) is 11.6. The number of rotatable bonds is 3. The molecule has 0 amide bonds. The molecule has 0 atom stereocenters. The van der Waals surface area contributed by atoms with E-state index in [1.807, 2.05) is 40.0 Å². The summed E-state index contributed by atoms with van der Waals surface area (Å²) in [5.41, 5.74) is 5.12. The SMILES string of the molecule is CC.CC.CC1(C)OB(c2cc(C3=CNCC=C3)cc(C3=CC=CNC3)c2)OC1(C)C. The summed E-state index contributed by atoms with van der Waals surface area (Å²) in [5, 5.41) is 6.59. The van der Waals surface area contributed by atoms with Gasteiger partial charge in [-0.25, -0.2) is 0 Å². The molecule has 5 heteroatoms. The maximum atomic E-state index is 6.31. The van der Waals surface area contributed by atoms with Crippen LogP contribution in [0.4, 0.5) is 0 Å². The minimum absolute atomic E-state index is 0.353. The Hall–Kier alpha value is -2.24. The van der Waals surface area contributed by atoms with Crippen molar-refractivity contribution in [3.05, 3.63) is 66.0 Å². The summed E-state index contributed by atoms with van der Waals surface area (Å²) >= 11 is 0. The topological polar surface area (TPSA) is 42.5 Å². The van der Waals surface area contributed by atoms with Crippen LogP contribution in [0.2, 0.25) is 0 Å². The number of allylic oxidation sites excluding steroid dienone is 4. The van der Waals surface area contributed by atoms with Gasteiger partial charge >= 0.3 is 7.12 Å². The number of nitrogens with one attached hydrogen (secondary N) is 2. The Kier molecular flexibility index (Phi) is 8.78. The summed E-state index contributed by atoms with van der Waals surface area (Å²) in [7, 11) is -0.373. The standard InChI is InChI=1S/C22H27BN2O2.2C2H6/c1-21(2)22(3,4)27-23(26-21)20-12-18(16-7-5-9-24-14-16)11-19(13-20)17-8-6-10-25-15-17;2*1-2/h5-9,11-13,15,24-25H,10,14H2,1-4H3;2*1-2H3. The second-order valence-corrected chi connectivity index (χ2v) is 8.27. The predicted octanol–water partition coefficient (Wildman–Crippen LogP) is 5.04. The molecule has 0 bridgehead atoms. The van der Waals surface area contributed by atoms with Crippen molar-refractivity contribution in [2.45, 2.75) is 66.6 Å². The molecule has 3 aliphatic heterocycles. The van der Waals surface area contributed by atoms with E-state index in [0.717, 1.165) is 24.1 Å². The molecule has 0 saturated carbocycles. The van der Waals surface area contributed by atoms with Crippen LogP contribution in [0.25, 0.3) is 11.1 Å². The molecule has 1 saturated heterocycles. The second kappa shape index (κ2) is 10.9. The molecule has 4 nitrogen and oxygen atoms in total. The zero-order valence-electron chi connectivity index (χ0n) is 20.5. The van der Waals surface area contributed by atoms with Crippen molar-refractivity contribution in [3.63, 3.8) is 0 Å². The lowest BCUT2D eigenvalue weighted by atomic mass is 9.76. The molecule has 1 aromatic carbocycles.